The van der Waals surface area contributed by atoms with Gasteiger partial charge in [0.1, 0.15) is 5.69 Å². The van der Waals surface area contributed by atoms with E-state index in [-0.39, 0.29) is 5.65 Å². The van der Waals surface area contributed by atoms with Crippen LogP contribution in [0.5, 0.6) is 0 Å². The number of rotatable bonds is 2. The summed E-state index contributed by atoms with van der Waals surface area (Å²) in [6.07, 6.45) is -1.54. The van der Waals surface area contributed by atoms with Gasteiger partial charge in [0.25, 0.3) is 6.43 Å². The lowest BCUT2D eigenvalue weighted by Gasteiger charge is -1.98. The number of fused-ring (bicyclic) bond motifs is 1. The lowest BCUT2D eigenvalue weighted by atomic mass is 10.3. The summed E-state index contributed by atoms with van der Waals surface area (Å²) in [4.78, 5) is 14.5. The van der Waals surface area contributed by atoms with Gasteiger partial charge in [0.15, 0.2) is 11.3 Å². The average molecular weight is 291 g/mol. The summed E-state index contributed by atoms with van der Waals surface area (Å²) >= 11 is 3.12. The molecule has 2 aromatic heterocycles. The molecule has 2 aromatic rings. The molecule has 0 aromatic carbocycles. The lowest BCUT2D eigenvalue weighted by molar-refractivity contribution is 0.0675. The maximum Gasteiger partial charge on any atom is 0.355 e. The summed E-state index contributed by atoms with van der Waals surface area (Å²) in [6.45, 7) is 0. The molecular weight excluding hydrogens is 286 g/mol. The first-order chi connectivity index (χ1) is 7.52. The van der Waals surface area contributed by atoms with Crippen LogP contribution in [0.25, 0.3) is 5.65 Å². The van der Waals surface area contributed by atoms with E-state index in [1.165, 1.54) is 6.20 Å². The minimum absolute atomic E-state index is 0.162. The van der Waals surface area contributed by atoms with Gasteiger partial charge in [-0.25, -0.2) is 18.6 Å². The van der Waals surface area contributed by atoms with Crippen molar-refractivity contribution in [2.24, 2.45) is 0 Å². The predicted octanol–water partition coefficient (Wildman–Crippen LogP) is 2.73. The van der Waals surface area contributed by atoms with Gasteiger partial charge in [0.2, 0.25) is 0 Å². The maximum absolute atomic E-state index is 12.6. The number of alkyl halides is 2. The first kappa shape index (κ1) is 11.0. The number of carbonyl (C=O) groups is 1. The normalized spacial score (nSPS) is 11.2. The van der Waals surface area contributed by atoms with Crippen LogP contribution in [0.4, 0.5) is 8.78 Å². The van der Waals surface area contributed by atoms with Gasteiger partial charge in [0, 0.05) is 6.20 Å². The summed E-state index contributed by atoms with van der Waals surface area (Å²) in [5.74, 6) is -1.43. The third-order valence-electron chi connectivity index (χ3n) is 2.04. The van der Waals surface area contributed by atoms with Gasteiger partial charge in [-0.15, -0.1) is 0 Å². The van der Waals surface area contributed by atoms with E-state index >= 15 is 0 Å². The molecule has 16 heavy (non-hydrogen) atoms. The van der Waals surface area contributed by atoms with Crippen molar-refractivity contribution >= 4 is 27.5 Å². The topological polar surface area (TPSA) is 54.6 Å². The second-order valence-electron chi connectivity index (χ2n) is 3.00. The molecule has 0 amide bonds. The molecule has 0 saturated heterocycles. The highest BCUT2D eigenvalue weighted by Gasteiger charge is 2.25. The lowest BCUT2D eigenvalue weighted by Crippen LogP contribution is -2.05. The van der Waals surface area contributed by atoms with Crippen molar-refractivity contribution in [3.05, 3.63) is 34.2 Å². The number of hydrogen-bond acceptors (Lipinski definition) is 2. The molecule has 7 heteroatoms. The van der Waals surface area contributed by atoms with Gasteiger partial charge < -0.3 is 5.11 Å². The number of hydrogen-bond donors (Lipinski definition) is 1. The minimum atomic E-state index is -2.92. The van der Waals surface area contributed by atoms with Gasteiger partial charge in [-0.3, -0.25) is 4.40 Å². The molecule has 84 valence electrons. The first-order valence-electron chi connectivity index (χ1n) is 4.20. The maximum atomic E-state index is 12.6. The Bertz CT molecular complexity index is 568. The fourth-order valence-electron chi connectivity index (χ4n) is 1.42. The van der Waals surface area contributed by atoms with Gasteiger partial charge in [-0.05, 0) is 28.1 Å². The number of halogens is 3. The second-order valence-corrected chi connectivity index (χ2v) is 3.86. The molecule has 0 unspecified atom stereocenters. The van der Waals surface area contributed by atoms with Gasteiger partial charge in [-0.2, -0.15) is 0 Å². The average Bonchev–Trinajstić information content (AvgIpc) is 2.58. The van der Waals surface area contributed by atoms with Crippen molar-refractivity contribution in [2.45, 2.75) is 6.43 Å². The Kier molecular flexibility index (Phi) is 2.63. The van der Waals surface area contributed by atoms with Crippen LogP contribution in [-0.4, -0.2) is 20.5 Å². The van der Waals surface area contributed by atoms with Crippen LogP contribution in [0.2, 0.25) is 0 Å². The highest BCUT2D eigenvalue weighted by molar-refractivity contribution is 9.10. The Morgan fingerprint density at radius 2 is 2.25 bits per heavy atom. The molecule has 0 aliphatic heterocycles. The molecule has 2 rings (SSSR count). The summed E-state index contributed by atoms with van der Waals surface area (Å²) < 4.78 is 26.8. The zero-order valence-electron chi connectivity index (χ0n) is 7.69. The van der Waals surface area contributed by atoms with Gasteiger partial charge in [-0.1, -0.05) is 0 Å². The van der Waals surface area contributed by atoms with E-state index in [1.54, 1.807) is 12.1 Å². The zero-order chi connectivity index (χ0) is 11.9. The third-order valence-corrected chi connectivity index (χ3v) is 2.66. The quantitative estimate of drug-likeness (QED) is 0.925. The van der Waals surface area contributed by atoms with Crippen molar-refractivity contribution < 1.29 is 18.7 Å². The molecular formula is C9H5BrF2N2O2. The third kappa shape index (κ3) is 1.57. The number of imidazole rings is 1. The number of aromatic carboxylic acids is 1. The van der Waals surface area contributed by atoms with Crippen molar-refractivity contribution in [1.82, 2.24) is 9.38 Å². The Labute approximate surface area is 96.7 Å². The molecule has 0 saturated carbocycles. The summed E-state index contributed by atoms with van der Waals surface area (Å²) in [5.41, 5.74) is -1.07. The Balaban J connectivity index is 2.86. The van der Waals surface area contributed by atoms with Crippen LogP contribution >= 0.6 is 15.9 Å². The van der Waals surface area contributed by atoms with Crippen LogP contribution in [0.15, 0.2) is 22.8 Å². The monoisotopic (exact) mass is 290 g/mol. The highest BCUT2D eigenvalue weighted by Crippen LogP contribution is 2.26. The molecule has 4 nitrogen and oxygen atoms in total. The van der Waals surface area contributed by atoms with E-state index in [4.69, 9.17) is 5.11 Å². The van der Waals surface area contributed by atoms with Crippen LogP contribution in [-0.2, 0) is 0 Å². The van der Waals surface area contributed by atoms with Crippen LogP contribution in [0.3, 0.4) is 0 Å². The first-order valence-corrected chi connectivity index (χ1v) is 4.99. The van der Waals surface area contributed by atoms with Crippen molar-refractivity contribution in [1.29, 1.82) is 0 Å². The summed E-state index contributed by atoms with van der Waals surface area (Å²) in [7, 11) is 0. The molecule has 0 radical (unpaired) electrons. The smallest absolute Gasteiger partial charge is 0.355 e. The molecule has 1 N–H and O–H groups in total. The van der Waals surface area contributed by atoms with E-state index in [2.05, 4.69) is 20.9 Å². The molecule has 0 bridgehead atoms. The molecule has 0 atom stereocenters. The van der Waals surface area contributed by atoms with Crippen molar-refractivity contribution in [3.63, 3.8) is 0 Å². The van der Waals surface area contributed by atoms with E-state index in [1.807, 2.05) is 0 Å². The fraction of sp³-hybridized carbons (Fsp3) is 0.111. The van der Waals surface area contributed by atoms with Crippen molar-refractivity contribution in [3.8, 4) is 0 Å². The SMILES string of the molecule is O=C(O)c1c(C(F)F)nc2c(Br)cccn12. The van der Waals surface area contributed by atoms with E-state index in [0.717, 1.165) is 4.40 Å². The highest BCUT2D eigenvalue weighted by atomic mass is 79.9. The van der Waals surface area contributed by atoms with Crippen LogP contribution < -0.4 is 0 Å². The van der Waals surface area contributed by atoms with E-state index in [9.17, 15) is 13.6 Å². The van der Waals surface area contributed by atoms with Gasteiger partial charge >= 0.3 is 5.97 Å². The molecule has 2 heterocycles. The zero-order valence-corrected chi connectivity index (χ0v) is 9.28. The minimum Gasteiger partial charge on any atom is -0.476 e. The number of nitrogens with zero attached hydrogens (tertiary/aromatic N) is 2. The molecule has 0 aliphatic carbocycles. The summed E-state index contributed by atoms with van der Waals surface area (Å²) in [5, 5.41) is 8.88. The van der Waals surface area contributed by atoms with E-state index in [0.29, 0.717) is 4.47 Å². The van der Waals surface area contributed by atoms with Gasteiger partial charge in [0.05, 0.1) is 4.47 Å². The Morgan fingerprint density at radius 1 is 1.56 bits per heavy atom. The second kappa shape index (κ2) is 3.82. The van der Waals surface area contributed by atoms with Crippen LogP contribution in [0.1, 0.15) is 22.6 Å². The molecule has 0 spiro atoms. The number of aromatic nitrogens is 2. The van der Waals surface area contributed by atoms with Crippen LogP contribution in [0, 0.1) is 0 Å². The number of carboxylic acids is 1. The number of pyridine rings is 1. The molecule has 0 aliphatic rings. The number of carboxylic acid groups (broad SMARTS) is 1. The Morgan fingerprint density at radius 3 is 2.81 bits per heavy atom. The fourth-order valence-corrected chi connectivity index (χ4v) is 1.85. The molecule has 0 fully saturated rings. The predicted molar refractivity (Wildman–Crippen MR) is 54.8 cm³/mol. The summed E-state index contributed by atoms with van der Waals surface area (Å²) in [6, 6.07) is 3.14. The van der Waals surface area contributed by atoms with E-state index < -0.39 is 23.8 Å². The largest absolute Gasteiger partial charge is 0.476 e. The van der Waals surface area contributed by atoms with Crippen molar-refractivity contribution in [2.75, 3.05) is 0 Å². The standard InChI is InChI=1S/C9H5BrF2N2O2/c10-4-2-1-3-14-6(9(15)16)5(7(11)12)13-8(4)14/h1-3,7H,(H,15,16). The Hall–Kier alpha value is -1.50.